The van der Waals surface area contributed by atoms with Crippen LogP contribution in [-0.2, 0) is 19.6 Å². The van der Waals surface area contributed by atoms with Crippen molar-refractivity contribution in [1.29, 1.82) is 0 Å². The van der Waals surface area contributed by atoms with Gasteiger partial charge in [-0.1, -0.05) is 11.6 Å². The standard InChI is InChI=1S/C19H22ClN5O5S/c1-13-10-22-16(11-21-13)19(27)24(2)12-18(26)23-14-3-4-15(20)17(9-14)31(28,29)25-5-7-30-8-6-25/h3-4,9-11H,5-8,12H2,1-2H3,(H,23,26). The number of carbonyl (C=O) groups excluding carboxylic acids is 2. The summed E-state index contributed by atoms with van der Waals surface area (Å²) < 4.78 is 32.3. The number of anilines is 1. The summed E-state index contributed by atoms with van der Waals surface area (Å²) in [6, 6.07) is 4.20. The molecule has 10 nitrogen and oxygen atoms in total. The molecule has 2 amide bonds. The Morgan fingerprint density at radius 2 is 1.94 bits per heavy atom. The number of halogens is 1. The van der Waals surface area contributed by atoms with Gasteiger partial charge in [-0.25, -0.2) is 13.4 Å². The molecule has 0 radical (unpaired) electrons. The van der Waals surface area contributed by atoms with E-state index in [0.717, 1.165) is 0 Å². The number of morpholine rings is 1. The third kappa shape index (κ3) is 5.56. The zero-order chi connectivity index (χ0) is 22.6. The van der Waals surface area contributed by atoms with Crippen molar-refractivity contribution >= 4 is 39.1 Å². The van der Waals surface area contributed by atoms with Crippen molar-refractivity contribution in [1.82, 2.24) is 19.2 Å². The minimum atomic E-state index is -3.84. The third-order valence-electron chi connectivity index (χ3n) is 4.53. The zero-order valence-corrected chi connectivity index (χ0v) is 18.6. The lowest BCUT2D eigenvalue weighted by atomic mass is 10.3. The second kappa shape index (κ2) is 9.69. The van der Waals surface area contributed by atoms with Crippen LogP contribution >= 0.6 is 11.6 Å². The topological polar surface area (TPSA) is 122 Å². The van der Waals surface area contributed by atoms with Crippen molar-refractivity contribution in [2.45, 2.75) is 11.8 Å². The van der Waals surface area contributed by atoms with Crippen LogP contribution in [0.1, 0.15) is 16.2 Å². The van der Waals surface area contributed by atoms with Gasteiger partial charge in [-0.3, -0.25) is 14.6 Å². The van der Waals surface area contributed by atoms with Crippen molar-refractivity contribution < 1.29 is 22.7 Å². The van der Waals surface area contributed by atoms with Gasteiger partial charge in [0.1, 0.15) is 10.6 Å². The number of hydrogen-bond acceptors (Lipinski definition) is 7. The second-order valence-corrected chi connectivity index (χ2v) is 9.23. The number of sulfonamides is 1. The normalized spacial score (nSPS) is 14.8. The van der Waals surface area contributed by atoms with Gasteiger partial charge < -0.3 is 15.0 Å². The quantitative estimate of drug-likeness (QED) is 0.676. The summed E-state index contributed by atoms with van der Waals surface area (Å²) in [5, 5.41) is 2.65. The molecule has 0 saturated carbocycles. The molecule has 1 fully saturated rings. The molecule has 12 heteroatoms. The van der Waals surface area contributed by atoms with E-state index in [0.29, 0.717) is 18.9 Å². The maximum absolute atomic E-state index is 12.9. The molecule has 0 unspecified atom stereocenters. The highest BCUT2D eigenvalue weighted by atomic mass is 35.5. The molecule has 1 aliphatic rings. The van der Waals surface area contributed by atoms with E-state index in [1.807, 2.05) is 0 Å². The Hall–Kier alpha value is -2.60. The summed E-state index contributed by atoms with van der Waals surface area (Å²) in [6.45, 7) is 2.55. The predicted molar refractivity (Wildman–Crippen MR) is 113 cm³/mol. The SMILES string of the molecule is Cc1cnc(C(=O)N(C)CC(=O)Nc2ccc(Cl)c(S(=O)(=O)N3CCOCC3)c2)cn1. The number of hydrogen-bond donors (Lipinski definition) is 1. The predicted octanol–water partition coefficient (Wildman–Crippen LogP) is 1.17. The van der Waals surface area contributed by atoms with E-state index in [4.69, 9.17) is 16.3 Å². The summed E-state index contributed by atoms with van der Waals surface area (Å²) in [6.07, 6.45) is 2.80. The van der Waals surface area contributed by atoms with Gasteiger partial charge in [0.25, 0.3) is 5.91 Å². The van der Waals surface area contributed by atoms with Crippen molar-refractivity contribution in [3.63, 3.8) is 0 Å². The average molecular weight is 468 g/mol. The Balaban J connectivity index is 1.69. The highest BCUT2D eigenvalue weighted by Crippen LogP contribution is 2.28. The fourth-order valence-corrected chi connectivity index (χ4v) is 4.80. The van der Waals surface area contributed by atoms with Gasteiger partial charge in [0, 0.05) is 32.0 Å². The number of benzene rings is 1. The van der Waals surface area contributed by atoms with Crippen LogP contribution in [0.2, 0.25) is 5.02 Å². The first-order valence-electron chi connectivity index (χ1n) is 9.40. The fourth-order valence-electron chi connectivity index (χ4n) is 2.89. The second-order valence-electron chi connectivity index (χ2n) is 6.91. The van der Waals surface area contributed by atoms with Gasteiger partial charge >= 0.3 is 0 Å². The van der Waals surface area contributed by atoms with Gasteiger partial charge in [-0.15, -0.1) is 0 Å². The first-order valence-corrected chi connectivity index (χ1v) is 11.2. The lowest BCUT2D eigenvalue weighted by Crippen LogP contribution is -2.40. The van der Waals surface area contributed by atoms with Crippen LogP contribution in [-0.4, -0.2) is 79.3 Å². The molecule has 1 N–H and O–H groups in total. The molecule has 0 aliphatic carbocycles. The van der Waals surface area contributed by atoms with Gasteiger partial charge in [0.05, 0.1) is 36.7 Å². The molecule has 2 aromatic rings. The summed E-state index contributed by atoms with van der Waals surface area (Å²) in [5.41, 5.74) is 1.03. The number of nitrogens with one attached hydrogen (secondary N) is 1. The van der Waals surface area contributed by atoms with E-state index < -0.39 is 21.8 Å². The Kier molecular flexibility index (Phi) is 7.21. The smallest absolute Gasteiger partial charge is 0.274 e. The van der Waals surface area contributed by atoms with Gasteiger partial charge in [0.15, 0.2) is 0 Å². The molecule has 0 bridgehead atoms. The minimum Gasteiger partial charge on any atom is -0.379 e. The molecule has 1 aliphatic heterocycles. The number of nitrogens with zero attached hydrogens (tertiary/aromatic N) is 4. The molecular weight excluding hydrogens is 446 g/mol. The Labute approximate surface area is 185 Å². The van der Waals surface area contributed by atoms with E-state index in [1.54, 1.807) is 6.92 Å². The molecule has 31 heavy (non-hydrogen) atoms. The number of rotatable bonds is 6. The third-order valence-corrected chi connectivity index (χ3v) is 6.91. The first-order chi connectivity index (χ1) is 14.7. The number of amides is 2. The molecular formula is C19H22ClN5O5S. The molecule has 1 aromatic heterocycles. The van der Waals surface area contributed by atoms with E-state index in [9.17, 15) is 18.0 Å². The van der Waals surface area contributed by atoms with Gasteiger partial charge in [0.2, 0.25) is 15.9 Å². The largest absolute Gasteiger partial charge is 0.379 e. The highest BCUT2D eigenvalue weighted by Gasteiger charge is 2.28. The van der Waals surface area contributed by atoms with Crippen LogP contribution < -0.4 is 5.32 Å². The Bertz CT molecular complexity index is 1070. The number of aryl methyl sites for hydroxylation is 1. The molecule has 1 aromatic carbocycles. The average Bonchev–Trinajstić information content (AvgIpc) is 2.75. The summed E-state index contributed by atoms with van der Waals surface area (Å²) in [7, 11) is -2.38. The maximum Gasteiger partial charge on any atom is 0.274 e. The molecule has 0 spiro atoms. The molecule has 166 valence electrons. The summed E-state index contributed by atoms with van der Waals surface area (Å²) >= 11 is 6.13. The van der Waals surface area contributed by atoms with Crippen LogP contribution in [0.15, 0.2) is 35.5 Å². The maximum atomic E-state index is 12.9. The first kappa shape index (κ1) is 23.1. The van der Waals surface area contributed by atoms with E-state index in [-0.39, 0.29) is 40.9 Å². The minimum absolute atomic E-state index is 0.0507. The fraction of sp³-hybridized carbons (Fsp3) is 0.368. The number of likely N-dealkylation sites (N-methyl/N-ethyl adjacent to an activating group) is 1. The number of aromatic nitrogens is 2. The lowest BCUT2D eigenvalue weighted by molar-refractivity contribution is -0.116. The van der Waals surface area contributed by atoms with Crippen LogP contribution in [0.4, 0.5) is 5.69 Å². The highest BCUT2D eigenvalue weighted by molar-refractivity contribution is 7.89. The van der Waals surface area contributed by atoms with Crippen LogP contribution in [0, 0.1) is 6.92 Å². The molecule has 0 atom stereocenters. The lowest BCUT2D eigenvalue weighted by Gasteiger charge is -2.26. The van der Waals surface area contributed by atoms with E-state index in [1.165, 1.54) is 46.8 Å². The van der Waals surface area contributed by atoms with E-state index >= 15 is 0 Å². The summed E-state index contributed by atoms with van der Waals surface area (Å²) in [5.74, 6) is -0.970. The Morgan fingerprint density at radius 1 is 1.23 bits per heavy atom. The van der Waals surface area contributed by atoms with Crippen LogP contribution in [0.3, 0.4) is 0 Å². The van der Waals surface area contributed by atoms with E-state index in [2.05, 4.69) is 15.3 Å². The number of carbonyl (C=O) groups is 2. The summed E-state index contributed by atoms with van der Waals surface area (Å²) in [4.78, 5) is 33.9. The van der Waals surface area contributed by atoms with Crippen molar-refractivity contribution in [3.8, 4) is 0 Å². The van der Waals surface area contributed by atoms with Crippen molar-refractivity contribution in [3.05, 3.63) is 47.0 Å². The van der Waals surface area contributed by atoms with Gasteiger partial charge in [-0.2, -0.15) is 4.31 Å². The zero-order valence-electron chi connectivity index (χ0n) is 17.0. The molecule has 3 rings (SSSR count). The van der Waals surface area contributed by atoms with Crippen LogP contribution in [0.25, 0.3) is 0 Å². The molecule has 2 heterocycles. The Morgan fingerprint density at radius 3 is 2.58 bits per heavy atom. The number of ether oxygens (including phenoxy) is 1. The monoisotopic (exact) mass is 467 g/mol. The van der Waals surface area contributed by atoms with Gasteiger partial charge in [-0.05, 0) is 25.1 Å². The molecule has 1 saturated heterocycles. The van der Waals surface area contributed by atoms with Crippen molar-refractivity contribution in [2.75, 3.05) is 45.2 Å². The van der Waals surface area contributed by atoms with Crippen molar-refractivity contribution in [2.24, 2.45) is 0 Å². The van der Waals surface area contributed by atoms with Crippen LogP contribution in [0.5, 0.6) is 0 Å².